The molecule has 0 atom stereocenters. The normalized spacial score (nSPS) is 14.5. The number of aromatic nitrogens is 2. The zero-order valence-corrected chi connectivity index (χ0v) is 13.6. The summed E-state index contributed by atoms with van der Waals surface area (Å²) < 4.78 is 13.6. The van der Waals surface area contributed by atoms with Gasteiger partial charge in [0.1, 0.15) is 11.6 Å². The third-order valence-electron chi connectivity index (χ3n) is 4.17. The fourth-order valence-corrected chi connectivity index (χ4v) is 2.64. The van der Waals surface area contributed by atoms with E-state index in [4.69, 9.17) is 5.11 Å². The Morgan fingerprint density at radius 3 is 2.40 bits per heavy atom. The number of anilines is 1. The number of halogens is 1. The molecule has 3 rings (SSSR count). The third-order valence-corrected chi connectivity index (χ3v) is 4.17. The maximum atomic E-state index is 13.6. The average Bonchev–Trinajstić information content (AvgIpc) is 2.63. The minimum absolute atomic E-state index is 0.112. The first-order chi connectivity index (χ1) is 12.0. The molecule has 0 aliphatic carbocycles. The van der Waals surface area contributed by atoms with Gasteiger partial charge in [-0.05, 0) is 24.6 Å². The Labute approximate surface area is 143 Å². The van der Waals surface area contributed by atoms with Crippen molar-refractivity contribution in [2.45, 2.75) is 6.92 Å². The van der Waals surface area contributed by atoms with Gasteiger partial charge in [-0.1, -0.05) is 6.07 Å². The number of hydrogen-bond donors (Lipinski definition) is 1. The van der Waals surface area contributed by atoms with Gasteiger partial charge >= 0.3 is 5.97 Å². The van der Waals surface area contributed by atoms with E-state index >= 15 is 0 Å². The van der Waals surface area contributed by atoms with Crippen LogP contribution in [0.3, 0.4) is 0 Å². The maximum Gasteiger partial charge on any atom is 0.356 e. The third kappa shape index (κ3) is 3.57. The van der Waals surface area contributed by atoms with Gasteiger partial charge in [0.15, 0.2) is 5.69 Å². The molecule has 0 radical (unpaired) electrons. The highest BCUT2D eigenvalue weighted by molar-refractivity contribution is 5.94. The highest BCUT2D eigenvalue weighted by Gasteiger charge is 2.23. The standard InChI is InChI=1S/C17H17FN4O3/c1-11-2-3-12(8-13(11)18)16(23)22-6-4-21(5-7-22)15-10-19-14(9-20-15)17(24)25/h2-3,8-10H,4-7H2,1H3,(H,24,25). The molecular weight excluding hydrogens is 327 g/mol. The highest BCUT2D eigenvalue weighted by atomic mass is 19.1. The number of amides is 1. The lowest BCUT2D eigenvalue weighted by molar-refractivity contribution is 0.0688. The predicted molar refractivity (Wildman–Crippen MR) is 88.2 cm³/mol. The van der Waals surface area contributed by atoms with Crippen LogP contribution in [0, 0.1) is 12.7 Å². The van der Waals surface area contributed by atoms with E-state index in [1.807, 2.05) is 4.90 Å². The molecule has 7 nitrogen and oxygen atoms in total. The van der Waals surface area contributed by atoms with Crippen molar-refractivity contribution >= 4 is 17.7 Å². The summed E-state index contributed by atoms with van der Waals surface area (Å²) in [7, 11) is 0. The van der Waals surface area contributed by atoms with E-state index in [1.54, 1.807) is 24.0 Å². The number of benzene rings is 1. The Kier molecular flexibility index (Phi) is 4.60. The molecule has 1 aliphatic rings. The van der Waals surface area contributed by atoms with Crippen LogP contribution >= 0.6 is 0 Å². The summed E-state index contributed by atoms with van der Waals surface area (Å²) in [5.41, 5.74) is 0.728. The van der Waals surface area contributed by atoms with Gasteiger partial charge < -0.3 is 14.9 Å². The van der Waals surface area contributed by atoms with Crippen LogP contribution in [0.4, 0.5) is 10.2 Å². The molecule has 130 valence electrons. The quantitative estimate of drug-likeness (QED) is 0.910. The van der Waals surface area contributed by atoms with Gasteiger partial charge in [-0.15, -0.1) is 0 Å². The highest BCUT2D eigenvalue weighted by Crippen LogP contribution is 2.16. The van der Waals surface area contributed by atoms with Gasteiger partial charge in [0.2, 0.25) is 0 Å². The lowest BCUT2D eigenvalue weighted by atomic mass is 10.1. The van der Waals surface area contributed by atoms with E-state index < -0.39 is 11.8 Å². The Morgan fingerprint density at radius 2 is 1.84 bits per heavy atom. The van der Waals surface area contributed by atoms with Crippen LogP contribution in [0.15, 0.2) is 30.6 Å². The molecule has 1 amide bonds. The number of carbonyl (C=O) groups is 2. The smallest absolute Gasteiger partial charge is 0.356 e. The minimum Gasteiger partial charge on any atom is -0.476 e. The predicted octanol–water partition coefficient (Wildman–Crippen LogP) is 1.58. The summed E-state index contributed by atoms with van der Waals surface area (Å²) in [4.78, 5) is 34.8. The molecule has 0 saturated carbocycles. The van der Waals surface area contributed by atoms with E-state index in [9.17, 15) is 14.0 Å². The molecule has 0 unspecified atom stereocenters. The fraction of sp³-hybridized carbons (Fsp3) is 0.294. The summed E-state index contributed by atoms with van der Waals surface area (Å²) in [6, 6.07) is 4.49. The first kappa shape index (κ1) is 16.8. The van der Waals surface area contributed by atoms with Crippen LogP contribution in [0.25, 0.3) is 0 Å². The number of nitrogens with zero attached hydrogens (tertiary/aromatic N) is 4. The van der Waals surface area contributed by atoms with E-state index in [0.29, 0.717) is 43.1 Å². The lowest BCUT2D eigenvalue weighted by Crippen LogP contribution is -2.49. The van der Waals surface area contributed by atoms with Gasteiger partial charge in [-0.2, -0.15) is 0 Å². The number of hydrogen-bond acceptors (Lipinski definition) is 5. The second kappa shape index (κ2) is 6.84. The van der Waals surface area contributed by atoms with Gasteiger partial charge in [0.05, 0.1) is 12.4 Å². The molecule has 1 aliphatic heterocycles. The van der Waals surface area contributed by atoms with E-state index in [2.05, 4.69) is 9.97 Å². The largest absolute Gasteiger partial charge is 0.476 e. The second-order valence-corrected chi connectivity index (χ2v) is 5.81. The monoisotopic (exact) mass is 344 g/mol. The van der Waals surface area contributed by atoms with Crippen LogP contribution in [-0.4, -0.2) is 58.0 Å². The molecule has 8 heteroatoms. The number of carbonyl (C=O) groups excluding carboxylic acids is 1. The maximum absolute atomic E-state index is 13.6. The van der Waals surface area contributed by atoms with Gasteiger partial charge in [0, 0.05) is 31.7 Å². The first-order valence-electron chi connectivity index (χ1n) is 7.81. The number of rotatable bonds is 3. The van der Waals surface area contributed by atoms with E-state index in [0.717, 1.165) is 0 Å². The number of aryl methyl sites for hydroxylation is 1. The fourth-order valence-electron chi connectivity index (χ4n) is 2.64. The second-order valence-electron chi connectivity index (χ2n) is 5.81. The van der Waals surface area contributed by atoms with Crippen molar-refractivity contribution in [2.75, 3.05) is 31.1 Å². The van der Waals surface area contributed by atoms with Crippen molar-refractivity contribution < 1.29 is 19.1 Å². The van der Waals surface area contributed by atoms with Crippen molar-refractivity contribution in [3.05, 3.63) is 53.2 Å². The molecule has 0 bridgehead atoms. The molecule has 1 aromatic heterocycles. The van der Waals surface area contributed by atoms with Crippen molar-refractivity contribution in [3.63, 3.8) is 0 Å². The molecule has 1 fully saturated rings. The van der Waals surface area contributed by atoms with Crippen molar-refractivity contribution in [1.82, 2.24) is 14.9 Å². The van der Waals surface area contributed by atoms with Crippen LogP contribution < -0.4 is 4.90 Å². The Bertz CT molecular complexity index is 802. The zero-order chi connectivity index (χ0) is 18.0. The molecule has 0 spiro atoms. The average molecular weight is 344 g/mol. The molecule has 25 heavy (non-hydrogen) atoms. The van der Waals surface area contributed by atoms with Gasteiger partial charge in [0.25, 0.3) is 5.91 Å². The summed E-state index contributed by atoms with van der Waals surface area (Å²) in [6.07, 6.45) is 2.63. The first-order valence-corrected chi connectivity index (χ1v) is 7.81. The molecule has 1 N–H and O–H groups in total. The zero-order valence-electron chi connectivity index (χ0n) is 13.6. The number of carboxylic acids is 1. The summed E-state index contributed by atoms with van der Waals surface area (Å²) in [5, 5.41) is 8.84. The van der Waals surface area contributed by atoms with Crippen LogP contribution in [-0.2, 0) is 0 Å². The van der Waals surface area contributed by atoms with Gasteiger partial charge in [-0.3, -0.25) is 4.79 Å². The van der Waals surface area contributed by atoms with Crippen molar-refractivity contribution in [3.8, 4) is 0 Å². The Hall–Kier alpha value is -3.03. The Balaban J connectivity index is 1.64. The summed E-state index contributed by atoms with van der Waals surface area (Å²) in [5.74, 6) is -1.15. The number of carboxylic acid groups (broad SMARTS) is 1. The van der Waals surface area contributed by atoms with E-state index in [1.165, 1.54) is 18.5 Å². The minimum atomic E-state index is -1.13. The molecular formula is C17H17FN4O3. The summed E-state index contributed by atoms with van der Waals surface area (Å²) in [6.45, 7) is 3.68. The summed E-state index contributed by atoms with van der Waals surface area (Å²) >= 11 is 0. The molecule has 1 saturated heterocycles. The molecule has 2 heterocycles. The van der Waals surface area contributed by atoms with E-state index in [-0.39, 0.29) is 11.6 Å². The number of piperazine rings is 1. The van der Waals surface area contributed by atoms with Gasteiger partial charge in [-0.25, -0.2) is 19.2 Å². The number of aromatic carboxylic acids is 1. The topological polar surface area (TPSA) is 86.6 Å². The molecule has 2 aromatic rings. The van der Waals surface area contributed by atoms with Crippen LogP contribution in [0.1, 0.15) is 26.4 Å². The van der Waals surface area contributed by atoms with Crippen molar-refractivity contribution in [2.24, 2.45) is 0 Å². The lowest BCUT2D eigenvalue weighted by Gasteiger charge is -2.35. The Morgan fingerprint density at radius 1 is 1.12 bits per heavy atom. The van der Waals surface area contributed by atoms with Crippen molar-refractivity contribution in [1.29, 1.82) is 0 Å². The molecule has 1 aromatic carbocycles. The van der Waals surface area contributed by atoms with Crippen LogP contribution in [0.2, 0.25) is 0 Å². The van der Waals surface area contributed by atoms with Crippen LogP contribution in [0.5, 0.6) is 0 Å². The SMILES string of the molecule is Cc1ccc(C(=O)N2CCN(c3cnc(C(=O)O)cn3)CC2)cc1F.